The average Bonchev–Trinajstić information content (AvgIpc) is 1.86. The van der Waals surface area contributed by atoms with Gasteiger partial charge in [0, 0.05) is 13.0 Å². The summed E-state index contributed by atoms with van der Waals surface area (Å²) < 4.78 is 0. The standard InChI is InChI=1S/C8H17NO/c1-4-6-8(5-2)9-7(3)10/h8H,4-6H2,1-3H3,(H,9,10). The summed E-state index contributed by atoms with van der Waals surface area (Å²) in [5, 5.41) is 2.89. The van der Waals surface area contributed by atoms with Crippen LogP contribution in [0.2, 0.25) is 0 Å². The highest BCUT2D eigenvalue weighted by atomic mass is 16.1. The van der Waals surface area contributed by atoms with E-state index in [1.54, 1.807) is 6.92 Å². The molecular weight excluding hydrogens is 126 g/mol. The molecule has 0 bridgehead atoms. The van der Waals surface area contributed by atoms with Gasteiger partial charge in [0.25, 0.3) is 0 Å². The SMILES string of the molecule is CCCC(CC)NC(C)=O. The topological polar surface area (TPSA) is 29.1 Å². The van der Waals surface area contributed by atoms with Crippen molar-refractivity contribution in [3.05, 3.63) is 0 Å². The fourth-order valence-electron chi connectivity index (χ4n) is 1.01. The van der Waals surface area contributed by atoms with Crippen molar-refractivity contribution in [1.29, 1.82) is 0 Å². The van der Waals surface area contributed by atoms with Crippen molar-refractivity contribution < 1.29 is 4.79 Å². The van der Waals surface area contributed by atoms with E-state index >= 15 is 0 Å². The highest BCUT2D eigenvalue weighted by Crippen LogP contribution is 1.99. The molecule has 0 aliphatic heterocycles. The Labute approximate surface area is 63.0 Å². The summed E-state index contributed by atoms with van der Waals surface area (Å²) in [5.74, 6) is 0.0836. The Morgan fingerprint density at radius 1 is 1.50 bits per heavy atom. The number of nitrogens with one attached hydrogen (secondary N) is 1. The van der Waals surface area contributed by atoms with Gasteiger partial charge in [-0.2, -0.15) is 0 Å². The molecule has 0 aromatic rings. The molecule has 0 fully saturated rings. The minimum Gasteiger partial charge on any atom is -0.354 e. The van der Waals surface area contributed by atoms with Crippen LogP contribution < -0.4 is 5.32 Å². The maximum Gasteiger partial charge on any atom is 0.217 e. The van der Waals surface area contributed by atoms with Crippen molar-refractivity contribution in [2.75, 3.05) is 0 Å². The molecule has 60 valence electrons. The summed E-state index contributed by atoms with van der Waals surface area (Å²) in [6, 6.07) is 0.391. The summed E-state index contributed by atoms with van der Waals surface area (Å²) in [4.78, 5) is 10.6. The largest absolute Gasteiger partial charge is 0.354 e. The van der Waals surface area contributed by atoms with Crippen LogP contribution >= 0.6 is 0 Å². The molecule has 0 saturated heterocycles. The molecule has 10 heavy (non-hydrogen) atoms. The van der Waals surface area contributed by atoms with Crippen LogP contribution in [0.15, 0.2) is 0 Å². The van der Waals surface area contributed by atoms with E-state index in [1.165, 1.54) is 0 Å². The van der Waals surface area contributed by atoms with Crippen molar-refractivity contribution in [2.45, 2.75) is 46.1 Å². The minimum absolute atomic E-state index is 0.0836. The summed E-state index contributed by atoms with van der Waals surface area (Å²) in [5.41, 5.74) is 0. The molecule has 1 unspecified atom stereocenters. The number of amides is 1. The van der Waals surface area contributed by atoms with Gasteiger partial charge < -0.3 is 5.32 Å². The fraction of sp³-hybridized carbons (Fsp3) is 0.875. The second-order valence-electron chi connectivity index (χ2n) is 2.59. The van der Waals surface area contributed by atoms with Gasteiger partial charge >= 0.3 is 0 Å². The molecule has 0 rings (SSSR count). The van der Waals surface area contributed by atoms with Gasteiger partial charge in [-0.25, -0.2) is 0 Å². The van der Waals surface area contributed by atoms with E-state index in [9.17, 15) is 4.79 Å². The third-order valence-electron chi connectivity index (χ3n) is 1.54. The Balaban J connectivity index is 3.49. The molecule has 0 heterocycles. The van der Waals surface area contributed by atoms with Gasteiger partial charge in [0.15, 0.2) is 0 Å². The summed E-state index contributed by atoms with van der Waals surface area (Å²) in [6.45, 7) is 5.79. The molecular formula is C8H17NO. The van der Waals surface area contributed by atoms with E-state index in [1.807, 2.05) is 0 Å². The maximum absolute atomic E-state index is 10.6. The first-order chi connectivity index (χ1) is 4.70. The van der Waals surface area contributed by atoms with Crippen molar-refractivity contribution in [1.82, 2.24) is 5.32 Å². The van der Waals surface area contributed by atoms with E-state index in [2.05, 4.69) is 19.2 Å². The van der Waals surface area contributed by atoms with Gasteiger partial charge in [-0.3, -0.25) is 4.79 Å². The predicted octanol–water partition coefficient (Wildman–Crippen LogP) is 1.70. The number of hydrogen-bond acceptors (Lipinski definition) is 1. The summed E-state index contributed by atoms with van der Waals surface area (Å²) >= 11 is 0. The van der Waals surface area contributed by atoms with Crippen LogP contribution in [-0.4, -0.2) is 11.9 Å². The van der Waals surface area contributed by atoms with Gasteiger partial charge in [0.1, 0.15) is 0 Å². The maximum atomic E-state index is 10.6. The van der Waals surface area contributed by atoms with E-state index in [0.717, 1.165) is 19.3 Å². The van der Waals surface area contributed by atoms with Crippen LogP contribution in [0.25, 0.3) is 0 Å². The molecule has 2 heteroatoms. The smallest absolute Gasteiger partial charge is 0.217 e. The number of carbonyl (C=O) groups excluding carboxylic acids is 1. The third-order valence-corrected chi connectivity index (χ3v) is 1.54. The van der Waals surface area contributed by atoms with E-state index in [4.69, 9.17) is 0 Å². The first-order valence-corrected chi connectivity index (χ1v) is 3.97. The lowest BCUT2D eigenvalue weighted by Crippen LogP contribution is -2.32. The summed E-state index contributed by atoms with van der Waals surface area (Å²) in [6.07, 6.45) is 3.27. The molecule has 0 aliphatic rings. The highest BCUT2D eigenvalue weighted by molar-refractivity contribution is 5.73. The lowest BCUT2D eigenvalue weighted by atomic mass is 10.1. The number of rotatable bonds is 4. The van der Waals surface area contributed by atoms with Crippen molar-refractivity contribution >= 4 is 5.91 Å². The average molecular weight is 143 g/mol. The van der Waals surface area contributed by atoms with Crippen molar-refractivity contribution in [3.63, 3.8) is 0 Å². The Hall–Kier alpha value is -0.530. The highest BCUT2D eigenvalue weighted by Gasteiger charge is 2.04. The second-order valence-corrected chi connectivity index (χ2v) is 2.59. The first kappa shape index (κ1) is 9.47. The van der Waals surface area contributed by atoms with Crippen LogP contribution in [0, 0.1) is 0 Å². The minimum atomic E-state index is 0.0836. The molecule has 1 N–H and O–H groups in total. The van der Waals surface area contributed by atoms with E-state index < -0.39 is 0 Å². The van der Waals surface area contributed by atoms with E-state index in [-0.39, 0.29) is 5.91 Å². The second kappa shape index (κ2) is 5.27. The molecule has 0 radical (unpaired) electrons. The van der Waals surface area contributed by atoms with Gasteiger partial charge in [0.2, 0.25) is 5.91 Å². The molecule has 1 amide bonds. The molecule has 0 aromatic carbocycles. The predicted molar refractivity (Wildman–Crippen MR) is 42.8 cm³/mol. The van der Waals surface area contributed by atoms with Gasteiger partial charge in [-0.1, -0.05) is 20.3 Å². The molecule has 1 atom stereocenters. The normalized spacial score (nSPS) is 12.7. The molecule has 0 aliphatic carbocycles. The zero-order valence-corrected chi connectivity index (χ0v) is 7.11. The zero-order chi connectivity index (χ0) is 7.98. The van der Waals surface area contributed by atoms with Gasteiger partial charge in [-0.05, 0) is 12.8 Å². The molecule has 0 spiro atoms. The van der Waals surface area contributed by atoms with Crippen LogP contribution in [0.3, 0.4) is 0 Å². The lowest BCUT2D eigenvalue weighted by Gasteiger charge is -2.13. The number of carbonyl (C=O) groups is 1. The quantitative estimate of drug-likeness (QED) is 0.637. The van der Waals surface area contributed by atoms with E-state index in [0.29, 0.717) is 6.04 Å². The Morgan fingerprint density at radius 2 is 2.10 bits per heavy atom. The van der Waals surface area contributed by atoms with Crippen LogP contribution in [0.1, 0.15) is 40.0 Å². The van der Waals surface area contributed by atoms with Crippen LogP contribution in [0.4, 0.5) is 0 Å². The molecule has 0 aromatic heterocycles. The Morgan fingerprint density at radius 3 is 2.40 bits per heavy atom. The molecule has 2 nitrogen and oxygen atoms in total. The Kier molecular flexibility index (Phi) is 4.99. The number of hydrogen-bond donors (Lipinski definition) is 1. The fourth-order valence-corrected chi connectivity index (χ4v) is 1.01. The Bertz CT molecular complexity index is 101. The first-order valence-electron chi connectivity index (χ1n) is 3.97. The van der Waals surface area contributed by atoms with Gasteiger partial charge in [-0.15, -0.1) is 0 Å². The van der Waals surface area contributed by atoms with Crippen molar-refractivity contribution in [3.8, 4) is 0 Å². The van der Waals surface area contributed by atoms with Crippen LogP contribution in [0.5, 0.6) is 0 Å². The van der Waals surface area contributed by atoms with Crippen molar-refractivity contribution in [2.24, 2.45) is 0 Å². The van der Waals surface area contributed by atoms with Gasteiger partial charge in [0.05, 0.1) is 0 Å². The summed E-state index contributed by atoms with van der Waals surface area (Å²) in [7, 11) is 0. The third kappa shape index (κ3) is 4.36. The van der Waals surface area contributed by atoms with Crippen LogP contribution in [-0.2, 0) is 4.79 Å². The monoisotopic (exact) mass is 143 g/mol. The zero-order valence-electron chi connectivity index (χ0n) is 7.11. The molecule has 0 saturated carbocycles. The lowest BCUT2D eigenvalue weighted by molar-refractivity contribution is -0.119.